The van der Waals surface area contributed by atoms with Crippen LogP contribution in [-0.2, 0) is 11.3 Å². The van der Waals surface area contributed by atoms with E-state index >= 15 is 0 Å². The molecular formula is C20H29NO4. The molecule has 1 aromatic carbocycles. The van der Waals surface area contributed by atoms with Crippen LogP contribution < -0.4 is 9.47 Å². The molecule has 0 amide bonds. The van der Waals surface area contributed by atoms with E-state index in [0.717, 1.165) is 36.1 Å². The molecule has 2 heterocycles. The fourth-order valence-corrected chi connectivity index (χ4v) is 4.62. The van der Waals surface area contributed by atoms with Gasteiger partial charge in [-0.2, -0.15) is 0 Å². The van der Waals surface area contributed by atoms with Crippen molar-refractivity contribution in [2.75, 3.05) is 26.5 Å². The van der Waals surface area contributed by atoms with Crippen LogP contribution in [0, 0.1) is 5.92 Å². The maximum absolute atomic E-state index is 10.4. The van der Waals surface area contributed by atoms with Gasteiger partial charge in [-0.25, -0.2) is 0 Å². The number of hydrogen-bond donors (Lipinski definition) is 1. The number of fused-ring (bicyclic) bond motifs is 2. The number of hydrogen-bond acceptors (Lipinski definition) is 5. The molecule has 5 nitrogen and oxygen atoms in total. The Hall–Kier alpha value is -1.30. The van der Waals surface area contributed by atoms with Gasteiger partial charge < -0.3 is 19.3 Å². The van der Waals surface area contributed by atoms with Crippen LogP contribution in [0.15, 0.2) is 18.2 Å². The van der Waals surface area contributed by atoms with Crippen molar-refractivity contribution < 1.29 is 19.3 Å². The van der Waals surface area contributed by atoms with Crippen LogP contribution in [0.1, 0.15) is 44.1 Å². The molecule has 4 rings (SSSR count). The average Bonchev–Trinajstić information content (AvgIpc) is 3.10. The Labute approximate surface area is 149 Å². The van der Waals surface area contributed by atoms with E-state index in [9.17, 15) is 5.11 Å². The second-order valence-electron chi connectivity index (χ2n) is 7.61. The molecule has 138 valence electrons. The molecule has 2 aliphatic heterocycles. The van der Waals surface area contributed by atoms with Crippen molar-refractivity contribution in [1.29, 1.82) is 0 Å². The maximum Gasteiger partial charge on any atom is 0.231 e. The van der Waals surface area contributed by atoms with Gasteiger partial charge >= 0.3 is 0 Å². The first kappa shape index (κ1) is 17.1. The van der Waals surface area contributed by atoms with E-state index in [1.54, 1.807) is 0 Å². The number of β-amino-alcohol motifs (C(OH)–C–C–N with tert-alkyl or cyclic N) is 1. The molecule has 0 spiro atoms. The predicted molar refractivity (Wildman–Crippen MR) is 94.8 cm³/mol. The molecule has 5 heteroatoms. The predicted octanol–water partition coefficient (Wildman–Crippen LogP) is 2.95. The molecule has 3 aliphatic rings. The van der Waals surface area contributed by atoms with E-state index in [0.29, 0.717) is 19.3 Å². The third-order valence-electron chi connectivity index (χ3n) is 5.82. The summed E-state index contributed by atoms with van der Waals surface area (Å²) >= 11 is 0. The fourth-order valence-electron chi connectivity index (χ4n) is 4.62. The summed E-state index contributed by atoms with van der Waals surface area (Å²) in [6.07, 6.45) is 7.62. The summed E-state index contributed by atoms with van der Waals surface area (Å²) in [5, 5.41) is 10.4. The standard InChI is InChI=1S/C20H29NO4/c22-17(11-21-9-3-5-16-4-1-2-6-18(16)21)13-23-12-15-7-8-19-20(10-15)25-14-24-19/h7-8,10,16-18,22H,1-6,9,11-14H2. The fraction of sp³-hybridized carbons (Fsp3) is 0.700. The number of ether oxygens (including phenoxy) is 3. The lowest BCUT2D eigenvalue weighted by Crippen LogP contribution is -2.50. The summed E-state index contributed by atoms with van der Waals surface area (Å²) in [7, 11) is 0. The number of aliphatic hydroxyl groups excluding tert-OH is 1. The highest BCUT2D eigenvalue weighted by Crippen LogP contribution is 2.35. The minimum absolute atomic E-state index is 0.288. The van der Waals surface area contributed by atoms with E-state index in [4.69, 9.17) is 14.2 Å². The first-order valence-corrected chi connectivity index (χ1v) is 9.68. The van der Waals surface area contributed by atoms with Crippen LogP contribution in [-0.4, -0.2) is 48.6 Å². The molecule has 2 fully saturated rings. The third kappa shape index (κ3) is 4.10. The van der Waals surface area contributed by atoms with Crippen molar-refractivity contribution in [2.24, 2.45) is 5.92 Å². The lowest BCUT2D eigenvalue weighted by atomic mass is 9.78. The van der Waals surface area contributed by atoms with E-state index in [2.05, 4.69) is 4.90 Å². The van der Waals surface area contributed by atoms with Gasteiger partial charge in [0.15, 0.2) is 11.5 Å². The zero-order valence-electron chi connectivity index (χ0n) is 14.9. The van der Waals surface area contributed by atoms with Gasteiger partial charge in [0.25, 0.3) is 0 Å². The first-order valence-electron chi connectivity index (χ1n) is 9.68. The van der Waals surface area contributed by atoms with Gasteiger partial charge in [0.1, 0.15) is 0 Å². The lowest BCUT2D eigenvalue weighted by molar-refractivity contribution is -0.0200. The number of nitrogens with zero attached hydrogens (tertiary/aromatic N) is 1. The van der Waals surface area contributed by atoms with Crippen LogP contribution in [0.2, 0.25) is 0 Å². The molecular weight excluding hydrogens is 318 g/mol. The van der Waals surface area contributed by atoms with Crippen molar-refractivity contribution in [3.63, 3.8) is 0 Å². The highest BCUT2D eigenvalue weighted by atomic mass is 16.7. The number of likely N-dealkylation sites (tertiary alicyclic amines) is 1. The molecule has 0 bridgehead atoms. The molecule has 3 unspecified atom stereocenters. The van der Waals surface area contributed by atoms with Gasteiger partial charge in [0.05, 0.1) is 19.3 Å². The Balaban J connectivity index is 1.23. The van der Waals surface area contributed by atoms with Gasteiger partial charge in [0, 0.05) is 12.6 Å². The average molecular weight is 347 g/mol. The quantitative estimate of drug-likeness (QED) is 0.857. The van der Waals surface area contributed by atoms with E-state index in [1.807, 2.05) is 18.2 Å². The monoisotopic (exact) mass is 347 g/mol. The SMILES string of the molecule is OC(COCc1ccc2c(c1)OCO2)CN1CCCC2CCCCC21. The number of rotatable bonds is 6. The van der Waals surface area contributed by atoms with Gasteiger partial charge in [0.2, 0.25) is 6.79 Å². The Bertz CT molecular complexity index is 577. The third-order valence-corrected chi connectivity index (χ3v) is 5.82. The van der Waals surface area contributed by atoms with Crippen LogP contribution in [0.4, 0.5) is 0 Å². The molecule has 1 saturated heterocycles. The van der Waals surface area contributed by atoms with Crippen molar-refractivity contribution in [1.82, 2.24) is 4.90 Å². The maximum atomic E-state index is 10.4. The smallest absolute Gasteiger partial charge is 0.231 e. The summed E-state index contributed by atoms with van der Waals surface area (Å²) in [5.74, 6) is 2.42. The molecule has 0 radical (unpaired) electrons. The zero-order valence-corrected chi connectivity index (χ0v) is 14.9. The minimum Gasteiger partial charge on any atom is -0.454 e. The largest absolute Gasteiger partial charge is 0.454 e. The van der Waals surface area contributed by atoms with Crippen molar-refractivity contribution in [3.8, 4) is 11.5 Å². The summed E-state index contributed by atoms with van der Waals surface area (Å²) < 4.78 is 16.4. The molecule has 1 aromatic rings. The lowest BCUT2D eigenvalue weighted by Gasteiger charge is -2.44. The first-order chi connectivity index (χ1) is 12.3. The summed E-state index contributed by atoms with van der Waals surface area (Å²) in [5.41, 5.74) is 1.04. The Kier molecular flexibility index (Phi) is 5.44. The highest BCUT2D eigenvalue weighted by Gasteiger charge is 2.33. The molecule has 0 aromatic heterocycles. The summed E-state index contributed by atoms with van der Waals surface area (Å²) in [4.78, 5) is 2.52. The molecule has 1 N–H and O–H groups in total. The molecule has 3 atom stereocenters. The van der Waals surface area contributed by atoms with Crippen LogP contribution >= 0.6 is 0 Å². The summed E-state index contributed by atoms with van der Waals surface area (Å²) in [6, 6.07) is 6.53. The van der Waals surface area contributed by atoms with Crippen LogP contribution in [0.25, 0.3) is 0 Å². The molecule has 1 aliphatic carbocycles. The van der Waals surface area contributed by atoms with E-state index < -0.39 is 6.10 Å². The van der Waals surface area contributed by atoms with Crippen molar-refractivity contribution in [3.05, 3.63) is 23.8 Å². The second kappa shape index (κ2) is 7.94. The van der Waals surface area contributed by atoms with E-state index in [1.165, 1.54) is 38.5 Å². The molecule has 1 saturated carbocycles. The Morgan fingerprint density at radius 3 is 2.92 bits per heavy atom. The number of piperidine rings is 1. The minimum atomic E-state index is -0.422. The normalized spacial score (nSPS) is 27.1. The zero-order chi connectivity index (χ0) is 17.1. The Morgan fingerprint density at radius 1 is 1.12 bits per heavy atom. The topological polar surface area (TPSA) is 51.2 Å². The number of benzene rings is 1. The van der Waals surface area contributed by atoms with Crippen LogP contribution in [0.3, 0.4) is 0 Å². The van der Waals surface area contributed by atoms with E-state index in [-0.39, 0.29) is 6.79 Å². The van der Waals surface area contributed by atoms with Crippen LogP contribution in [0.5, 0.6) is 11.5 Å². The Morgan fingerprint density at radius 2 is 1.96 bits per heavy atom. The van der Waals surface area contributed by atoms with Gasteiger partial charge in [-0.05, 0) is 55.8 Å². The van der Waals surface area contributed by atoms with Gasteiger partial charge in [-0.15, -0.1) is 0 Å². The number of aliphatic hydroxyl groups is 1. The van der Waals surface area contributed by atoms with Crippen molar-refractivity contribution in [2.45, 2.75) is 57.3 Å². The second-order valence-corrected chi connectivity index (χ2v) is 7.61. The molecule has 25 heavy (non-hydrogen) atoms. The van der Waals surface area contributed by atoms with Gasteiger partial charge in [-0.1, -0.05) is 18.9 Å². The highest BCUT2D eigenvalue weighted by molar-refractivity contribution is 5.44. The van der Waals surface area contributed by atoms with Gasteiger partial charge in [-0.3, -0.25) is 4.90 Å². The van der Waals surface area contributed by atoms with Crippen molar-refractivity contribution >= 4 is 0 Å². The summed E-state index contributed by atoms with van der Waals surface area (Å²) in [6.45, 7) is 3.02.